The van der Waals surface area contributed by atoms with E-state index in [4.69, 9.17) is 21.9 Å². The van der Waals surface area contributed by atoms with Crippen LogP contribution in [0.3, 0.4) is 0 Å². The molecule has 1 aliphatic heterocycles. The Bertz CT molecular complexity index is 642. The van der Waals surface area contributed by atoms with Gasteiger partial charge in [0.05, 0.1) is 0 Å². The molecule has 2 aromatic rings. The fourth-order valence-electron chi connectivity index (χ4n) is 2.57. The Morgan fingerprint density at radius 2 is 2.09 bits per heavy atom. The maximum absolute atomic E-state index is 12.6. The zero-order valence-corrected chi connectivity index (χ0v) is 13.4. The summed E-state index contributed by atoms with van der Waals surface area (Å²) in [5, 5.41) is 4.59. The molecule has 2 N–H and O–H groups in total. The Labute approximate surface area is 139 Å². The van der Waals surface area contributed by atoms with E-state index < -0.39 is 0 Å². The highest BCUT2D eigenvalue weighted by Crippen LogP contribution is 2.25. The van der Waals surface area contributed by atoms with E-state index >= 15 is 0 Å². The molecule has 5 nitrogen and oxygen atoms in total. The molecule has 1 aromatic carbocycles. The van der Waals surface area contributed by atoms with E-state index in [2.05, 4.69) is 5.16 Å². The van der Waals surface area contributed by atoms with Gasteiger partial charge in [-0.2, -0.15) is 0 Å². The number of aromatic nitrogens is 1. The number of amides is 1. The Balaban J connectivity index is 0.00000176. The Kier molecular flexibility index (Phi) is 5.45. The Morgan fingerprint density at radius 1 is 1.36 bits per heavy atom. The number of likely N-dealkylation sites (tertiary alicyclic amines) is 1. The molecule has 118 valence electrons. The van der Waals surface area contributed by atoms with Crippen molar-refractivity contribution in [1.82, 2.24) is 10.1 Å². The van der Waals surface area contributed by atoms with Crippen molar-refractivity contribution in [3.05, 3.63) is 41.1 Å². The van der Waals surface area contributed by atoms with E-state index in [9.17, 15) is 4.79 Å². The van der Waals surface area contributed by atoms with Gasteiger partial charge in [-0.25, -0.2) is 0 Å². The lowest BCUT2D eigenvalue weighted by Crippen LogP contribution is -2.45. The summed E-state index contributed by atoms with van der Waals surface area (Å²) in [7, 11) is 0. The third kappa shape index (κ3) is 3.43. The molecule has 0 bridgehead atoms. The summed E-state index contributed by atoms with van der Waals surface area (Å²) in [4.78, 5) is 14.4. The van der Waals surface area contributed by atoms with Crippen LogP contribution < -0.4 is 5.73 Å². The molecule has 1 fully saturated rings. The molecule has 1 aliphatic rings. The van der Waals surface area contributed by atoms with Gasteiger partial charge in [-0.05, 0) is 25.0 Å². The van der Waals surface area contributed by atoms with Gasteiger partial charge >= 0.3 is 0 Å². The van der Waals surface area contributed by atoms with Crippen LogP contribution in [-0.4, -0.2) is 35.1 Å². The van der Waals surface area contributed by atoms with Gasteiger partial charge in [0.1, 0.15) is 17.5 Å². The molecule has 2 heterocycles. The molecule has 3 rings (SSSR count). The van der Waals surface area contributed by atoms with Gasteiger partial charge in [0.15, 0.2) is 0 Å². The maximum Gasteiger partial charge on any atom is 0.259 e. The number of nitrogens with two attached hydrogens (primary N) is 1. The van der Waals surface area contributed by atoms with Crippen molar-refractivity contribution in [2.45, 2.75) is 18.9 Å². The molecule has 1 amide bonds. The second kappa shape index (κ2) is 7.13. The van der Waals surface area contributed by atoms with Gasteiger partial charge in [0.2, 0.25) is 0 Å². The van der Waals surface area contributed by atoms with E-state index in [0.29, 0.717) is 22.8 Å². The van der Waals surface area contributed by atoms with Crippen molar-refractivity contribution in [2.24, 2.45) is 5.73 Å². The van der Waals surface area contributed by atoms with E-state index in [1.807, 2.05) is 12.1 Å². The zero-order chi connectivity index (χ0) is 14.8. The molecule has 1 saturated heterocycles. The minimum Gasteiger partial charge on any atom is -0.363 e. The monoisotopic (exact) mass is 341 g/mol. The summed E-state index contributed by atoms with van der Waals surface area (Å²) in [6, 6.07) is 7.20. The summed E-state index contributed by atoms with van der Waals surface area (Å²) >= 11 is 5.88. The minimum atomic E-state index is -0.0867. The zero-order valence-electron chi connectivity index (χ0n) is 11.9. The smallest absolute Gasteiger partial charge is 0.259 e. The SMILES string of the molecule is Cl.NC1CCCN(C(=O)c2conc2-c2ccc(Cl)cc2)C1. The number of carbonyl (C=O) groups excluding carboxylic acids is 1. The molecule has 0 saturated carbocycles. The molecule has 22 heavy (non-hydrogen) atoms. The molecule has 1 atom stereocenters. The Hall–Kier alpha value is -1.56. The highest BCUT2D eigenvalue weighted by atomic mass is 35.5. The van der Waals surface area contributed by atoms with Crippen LogP contribution in [0, 0.1) is 0 Å². The quantitative estimate of drug-likeness (QED) is 0.911. The average Bonchev–Trinajstić information content (AvgIpc) is 2.96. The van der Waals surface area contributed by atoms with Gasteiger partial charge in [-0.15, -0.1) is 12.4 Å². The lowest BCUT2D eigenvalue weighted by Gasteiger charge is -2.30. The van der Waals surface area contributed by atoms with E-state index in [0.717, 1.165) is 24.9 Å². The average molecular weight is 342 g/mol. The Morgan fingerprint density at radius 3 is 2.77 bits per heavy atom. The van der Waals surface area contributed by atoms with Gasteiger partial charge in [0, 0.05) is 29.7 Å². The predicted octanol–water partition coefficient (Wildman–Crippen LogP) is 2.98. The number of rotatable bonds is 2. The first kappa shape index (κ1) is 16.8. The number of carbonyl (C=O) groups is 1. The molecule has 1 unspecified atom stereocenters. The lowest BCUT2D eigenvalue weighted by molar-refractivity contribution is 0.0709. The fraction of sp³-hybridized carbons (Fsp3) is 0.333. The standard InChI is InChI=1S/C15H16ClN3O2.ClH/c16-11-5-3-10(4-6-11)14-13(9-21-18-14)15(20)19-7-1-2-12(17)8-19;/h3-6,9,12H,1-2,7-8,17H2;1H. The van der Waals surface area contributed by atoms with E-state index in [1.54, 1.807) is 17.0 Å². The molecule has 1 aromatic heterocycles. The predicted molar refractivity (Wildman–Crippen MR) is 87.3 cm³/mol. The van der Waals surface area contributed by atoms with Crippen molar-refractivity contribution < 1.29 is 9.32 Å². The maximum atomic E-state index is 12.6. The van der Waals surface area contributed by atoms with Crippen LogP contribution >= 0.6 is 24.0 Å². The van der Waals surface area contributed by atoms with Crippen molar-refractivity contribution in [3.8, 4) is 11.3 Å². The van der Waals surface area contributed by atoms with Crippen LogP contribution in [0.15, 0.2) is 35.1 Å². The third-order valence-corrected chi connectivity index (χ3v) is 3.91. The van der Waals surface area contributed by atoms with Gasteiger partial charge in [-0.3, -0.25) is 4.79 Å². The highest BCUT2D eigenvalue weighted by Gasteiger charge is 2.26. The minimum absolute atomic E-state index is 0. The summed E-state index contributed by atoms with van der Waals surface area (Å²) in [5.74, 6) is -0.0867. The van der Waals surface area contributed by atoms with Crippen molar-refractivity contribution >= 4 is 29.9 Å². The van der Waals surface area contributed by atoms with Crippen molar-refractivity contribution in [1.29, 1.82) is 0 Å². The number of benzene rings is 1. The first-order valence-corrected chi connectivity index (χ1v) is 7.28. The number of piperidine rings is 1. The molecule has 0 spiro atoms. The van der Waals surface area contributed by atoms with Gasteiger partial charge in [0.25, 0.3) is 5.91 Å². The number of hydrogen-bond donors (Lipinski definition) is 1. The van der Waals surface area contributed by atoms with Gasteiger partial charge < -0.3 is 15.2 Å². The third-order valence-electron chi connectivity index (χ3n) is 3.66. The number of halogens is 2. The largest absolute Gasteiger partial charge is 0.363 e. The van der Waals surface area contributed by atoms with E-state index in [1.165, 1.54) is 6.26 Å². The van der Waals surface area contributed by atoms with Crippen LogP contribution in [-0.2, 0) is 0 Å². The first-order chi connectivity index (χ1) is 10.1. The topological polar surface area (TPSA) is 72.4 Å². The van der Waals surface area contributed by atoms with Crippen LogP contribution in [0.2, 0.25) is 5.02 Å². The van der Waals surface area contributed by atoms with Crippen molar-refractivity contribution in [3.63, 3.8) is 0 Å². The summed E-state index contributed by atoms with van der Waals surface area (Å²) in [5.41, 5.74) is 7.74. The molecular weight excluding hydrogens is 325 g/mol. The van der Waals surface area contributed by atoms with Crippen LogP contribution in [0.25, 0.3) is 11.3 Å². The van der Waals surface area contributed by atoms with Crippen LogP contribution in [0.5, 0.6) is 0 Å². The second-order valence-electron chi connectivity index (χ2n) is 5.24. The van der Waals surface area contributed by atoms with Crippen LogP contribution in [0.4, 0.5) is 0 Å². The van der Waals surface area contributed by atoms with Gasteiger partial charge in [-0.1, -0.05) is 28.9 Å². The molecule has 7 heteroatoms. The summed E-state index contributed by atoms with van der Waals surface area (Å²) < 4.78 is 5.01. The second-order valence-corrected chi connectivity index (χ2v) is 5.67. The first-order valence-electron chi connectivity index (χ1n) is 6.90. The fourth-order valence-corrected chi connectivity index (χ4v) is 2.70. The van der Waals surface area contributed by atoms with Crippen LogP contribution in [0.1, 0.15) is 23.2 Å². The van der Waals surface area contributed by atoms with E-state index in [-0.39, 0.29) is 24.4 Å². The van der Waals surface area contributed by atoms with Crippen molar-refractivity contribution in [2.75, 3.05) is 13.1 Å². The number of nitrogens with zero attached hydrogens (tertiary/aromatic N) is 2. The molecular formula is C15H17Cl2N3O2. The molecule has 0 radical (unpaired) electrons. The molecule has 0 aliphatic carbocycles. The lowest BCUT2D eigenvalue weighted by atomic mass is 10.0. The number of hydrogen-bond acceptors (Lipinski definition) is 4. The summed E-state index contributed by atoms with van der Waals surface area (Å²) in [6.45, 7) is 1.29. The highest BCUT2D eigenvalue weighted by molar-refractivity contribution is 6.30. The summed E-state index contributed by atoms with van der Waals surface area (Å²) in [6.07, 6.45) is 3.28. The normalized spacial score (nSPS) is 17.9.